The van der Waals surface area contributed by atoms with Gasteiger partial charge in [-0.3, -0.25) is 19.3 Å². The normalized spacial score (nSPS) is 17.4. The summed E-state index contributed by atoms with van der Waals surface area (Å²) in [5, 5.41) is 37.9. The Bertz CT molecular complexity index is 2780. The second kappa shape index (κ2) is 17.5. The van der Waals surface area contributed by atoms with Gasteiger partial charge in [-0.15, -0.1) is 21.5 Å². The molecule has 9 rings (SSSR count). The monoisotopic (exact) mass is 892 g/mol. The highest BCUT2D eigenvalue weighted by atomic mass is 35.5. The molecule has 17 heteroatoms. The number of thiophene rings is 1. The molecule has 3 aromatic heterocycles. The van der Waals surface area contributed by atoms with Gasteiger partial charge in [-0.25, -0.2) is 18.9 Å². The summed E-state index contributed by atoms with van der Waals surface area (Å²) in [5.41, 5.74) is 4.91. The van der Waals surface area contributed by atoms with E-state index in [1.54, 1.807) is 23.5 Å². The minimum absolute atomic E-state index is 0.0126. The van der Waals surface area contributed by atoms with Crippen molar-refractivity contribution in [3.05, 3.63) is 120 Å². The standard InChI is InChI=1S/C46H50ClFN10O4S/c1-5-31-21-34(39(60)23-38(31)59)43-51-53-46(62)58(43)37-11-6-30(20-35(37)48)25-55-18-16-54(17-19-55)24-29-12-14-56(15-13-29)40(61)22-36-44-52-50-28(4)57(44)45-41(26(2)27(3)63-45)42(49-36)32-7-9-33(47)10-8-32/h6-11,20-21,23,29,36,59-60H,5,12-19,22,24-25H2,1-4H3,(H,53,62)/t36-/m0/s1. The van der Waals surface area contributed by atoms with Crippen LogP contribution >= 0.6 is 22.9 Å². The average Bonchev–Trinajstić information content (AvgIpc) is 3.91. The zero-order chi connectivity index (χ0) is 44.1. The molecule has 0 spiro atoms. The lowest BCUT2D eigenvalue weighted by molar-refractivity contribution is -0.133. The van der Waals surface area contributed by atoms with E-state index in [1.807, 2.05) is 49.1 Å². The average molecular weight is 893 g/mol. The number of likely N-dealkylation sites (tertiary alicyclic amines) is 1. The maximum Gasteiger partial charge on any atom is 0.348 e. The number of carbonyl (C=O) groups excluding carboxylic acids is 1. The Kier molecular flexibility index (Phi) is 11.8. The molecule has 0 unspecified atom stereocenters. The zero-order valence-corrected chi connectivity index (χ0v) is 37.3. The highest BCUT2D eigenvalue weighted by Crippen LogP contribution is 2.40. The van der Waals surface area contributed by atoms with Gasteiger partial charge in [-0.05, 0) is 93.0 Å². The molecule has 63 heavy (non-hydrogen) atoms. The second-order valence-electron chi connectivity index (χ2n) is 16.8. The van der Waals surface area contributed by atoms with Crippen molar-refractivity contribution >= 4 is 34.6 Å². The first-order chi connectivity index (χ1) is 30.4. The maximum atomic E-state index is 15.7. The Morgan fingerprint density at radius 1 is 0.921 bits per heavy atom. The summed E-state index contributed by atoms with van der Waals surface area (Å²) >= 11 is 7.98. The smallest absolute Gasteiger partial charge is 0.348 e. The quantitative estimate of drug-likeness (QED) is 0.133. The van der Waals surface area contributed by atoms with Crippen LogP contribution in [0.1, 0.15) is 76.6 Å². The molecule has 3 aromatic carbocycles. The van der Waals surface area contributed by atoms with E-state index in [1.165, 1.54) is 17.0 Å². The summed E-state index contributed by atoms with van der Waals surface area (Å²) < 4.78 is 18.9. The molecule has 0 radical (unpaired) electrons. The van der Waals surface area contributed by atoms with Gasteiger partial charge >= 0.3 is 5.69 Å². The van der Waals surface area contributed by atoms with Crippen molar-refractivity contribution in [2.45, 2.75) is 66.0 Å². The SMILES string of the molecule is CCc1cc(-c2n[nH]c(=O)n2-c2ccc(CN3CCN(CC4CCN(C(=O)C[C@@H]5N=C(c6ccc(Cl)cc6)c6c(sc(C)c6C)-n6c(C)nnc65)CC4)CC3)cc2F)c(O)cc1O. The Labute approximate surface area is 373 Å². The maximum absolute atomic E-state index is 15.7. The first-order valence-electron chi connectivity index (χ1n) is 21.5. The van der Waals surface area contributed by atoms with Crippen LogP contribution in [0.15, 0.2) is 64.4 Å². The molecule has 3 aliphatic heterocycles. The number of rotatable bonds is 10. The van der Waals surface area contributed by atoms with Crippen molar-refractivity contribution in [2.75, 3.05) is 45.8 Å². The topological polar surface area (TPSA) is 161 Å². The van der Waals surface area contributed by atoms with Crippen LogP contribution in [0.25, 0.3) is 22.1 Å². The van der Waals surface area contributed by atoms with Crippen molar-refractivity contribution < 1.29 is 19.4 Å². The number of nitrogens with zero attached hydrogens (tertiary/aromatic N) is 9. The number of fused-ring (bicyclic) bond motifs is 3. The number of aromatic nitrogens is 6. The number of carbonyl (C=O) groups is 1. The third kappa shape index (κ3) is 8.32. The number of halogens is 2. The number of amides is 1. The van der Waals surface area contributed by atoms with Crippen molar-refractivity contribution in [1.82, 2.24) is 44.2 Å². The zero-order valence-electron chi connectivity index (χ0n) is 35.7. The summed E-state index contributed by atoms with van der Waals surface area (Å²) in [4.78, 5) is 40.2. The first-order valence-corrected chi connectivity index (χ1v) is 22.7. The van der Waals surface area contributed by atoms with E-state index in [2.05, 4.69) is 48.6 Å². The van der Waals surface area contributed by atoms with Crippen LogP contribution < -0.4 is 5.69 Å². The largest absolute Gasteiger partial charge is 0.508 e. The van der Waals surface area contributed by atoms with Gasteiger partial charge < -0.3 is 20.0 Å². The predicted molar refractivity (Wildman–Crippen MR) is 241 cm³/mol. The molecule has 0 saturated carbocycles. The molecule has 3 N–H and O–H groups in total. The van der Waals surface area contributed by atoms with Gasteiger partial charge in [-0.1, -0.05) is 36.7 Å². The van der Waals surface area contributed by atoms with Crippen molar-refractivity contribution in [1.29, 1.82) is 0 Å². The van der Waals surface area contributed by atoms with Crippen molar-refractivity contribution in [3.63, 3.8) is 0 Å². The Morgan fingerprint density at radius 3 is 2.37 bits per heavy atom. The lowest BCUT2D eigenvalue weighted by atomic mass is 9.95. The van der Waals surface area contributed by atoms with Crippen LogP contribution in [0.4, 0.5) is 4.39 Å². The number of aromatic hydroxyl groups is 2. The van der Waals surface area contributed by atoms with Gasteiger partial charge in [0, 0.05) is 79.5 Å². The predicted octanol–water partition coefficient (Wildman–Crippen LogP) is 6.90. The first kappa shape index (κ1) is 42.6. The fourth-order valence-electron chi connectivity index (χ4n) is 9.16. The summed E-state index contributed by atoms with van der Waals surface area (Å²) in [6.07, 6.45) is 2.55. The minimum atomic E-state index is -0.645. The molecule has 1 amide bonds. The van der Waals surface area contributed by atoms with E-state index < -0.39 is 17.5 Å². The second-order valence-corrected chi connectivity index (χ2v) is 18.5. The molecule has 2 fully saturated rings. The van der Waals surface area contributed by atoms with Crippen molar-refractivity contribution in [2.24, 2.45) is 10.9 Å². The van der Waals surface area contributed by atoms with Crippen LogP contribution in [0.3, 0.4) is 0 Å². The summed E-state index contributed by atoms with van der Waals surface area (Å²) in [5.74, 6) is 1.13. The summed E-state index contributed by atoms with van der Waals surface area (Å²) in [6.45, 7) is 14.4. The molecule has 0 aliphatic carbocycles. The van der Waals surface area contributed by atoms with Crippen LogP contribution in [0, 0.1) is 32.5 Å². The third-order valence-corrected chi connectivity index (χ3v) is 14.3. The van der Waals surface area contributed by atoms with E-state index in [4.69, 9.17) is 16.6 Å². The summed E-state index contributed by atoms with van der Waals surface area (Å²) in [6, 6.07) is 14.8. The number of nitrogens with one attached hydrogen (secondary N) is 1. The molecule has 0 bridgehead atoms. The molecule has 2 saturated heterocycles. The number of piperidine rings is 1. The van der Waals surface area contributed by atoms with Crippen LogP contribution in [-0.4, -0.2) is 112 Å². The number of hydrogen-bond acceptors (Lipinski definition) is 11. The third-order valence-electron chi connectivity index (χ3n) is 12.8. The Balaban J connectivity index is 0.797. The molecule has 6 heterocycles. The Morgan fingerprint density at radius 2 is 1.65 bits per heavy atom. The molecule has 3 aliphatic rings. The van der Waals surface area contributed by atoms with Gasteiger partial charge in [0.2, 0.25) is 5.91 Å². The number of H-pyrrole nitrogens is 1. The van der Waals surface area contributed by atoms with E-state index >= 15 is 4.39 Å². The van der Waals surface area contributed by atoms with E-state index in [0.717, 1.165) is 88.9 Å². The molecule has 328 valence electrons. The van der Waals surface area contributed by atoms with Crippen LogP contribution in [0.2, 0.25) is 5.02 Å². The van der Waals surface area contributed by atoms with Crippen LogP contribution in [-0.2, 0) is 17.8 Å². The highest BCUT2D eigenvalue weighted by molar-refractivity contribution is 7.15. The van der Waals surface area contributed by atoms with E-state index in [0.29, 0.717) is 48.4 Å². The van der Waals surface area contributed by atoms with Gasteiger partial charge in [0.15, 0.2) is 11.6 Å². The molecular formula is C46H50ClFN10O4S. The molecular weight excluding hydrogens is 843 g/mol. The fourth-order valence-corrected chi connectivity index (χ4v) is 10.5. The number of piperazine rings is 1. The highest BCUT2D eigenvalue weighted by Gasteiger charge is 2.34. The number of aromatic amines is 1. The number of aliphatic imine (C=N–C) groups is 1. The van der Waals surface area contributed by atoms with E-state index in [9.17, 15) is 19.8 Å². The van der Waals surface area contributed by atoms with E-state index in [-0.39, 0.29) is 40.9 Å². The van der Waals surface area contributed by atoms with Gasteiger partial charge in [0.25, 0.3) is 0 Å². The number of phenolic OH excluding ortho intramolecular Hbond substituents is 2. The number of hydrogen-bond donors (Lipinski definition) is 3. The number of phenols is 2. The molecule has 14 nitrogen and oxygen atoms in total. The fraction of sp³-hybridized carbons (Fsp3) is 0.391. The summed E-state index contributed by atoms with van der Waals surface area (Å²) in [7, 11) is 0. The molecule has 1 atom stereocenters. The van der Waals surface area contributed by atoms with Gasteiger partial charge in [0.05, 0.1) is 23.4 Å². The van der Waals surface area contributed by atoms with Gasteiger partial charge in [-0.2, -0.15) is 5.10 Å². The van der Waals surface area contributed by atoms with Crippen LogP contribution in [0.5, 0.6) is 11.5 Å². The minimum Gasteiger partial charge on any atom is -0.508 e. The van der Waals surface area contributed by atoms with Gasteiger partial charge in [0.1, 0.15) is 34.2 Å². The lowest BCUT2D eigenvalue weighted by Gasteiger charge is -2.39. The lowest BCUT2D eigenvalue weighted by Crippen LogP contribution is -2.48. The number of aryl methyl sites for hydroxylation is 3. The van der Waals surface area contributed by atoms with Crippen molar-refractivity contribution in [3.8, 4) is 33.6 Å². The molecule has 6 aromatic rings. The number of benzene rings is 3. The Hall–Kier alpha value is -5.68.